The fourth-order valence-corrected chi connectivity index (χ4v) is 2.10. The second kappa shape index (κ2) is 5.88. The number of carbonyl (C=O) groups excluding carboxylic acids is 1. The molecule has 1 atom stereocenters. The van der Waals surface area contributed by atoms with Gasteiger partial charge in [-0.25, -0.2) is 0 Å². The number of benzene rings is 1. The lowest BCUT2D eigenvalue weighted by Gasteiger charge is -2.15. The molecule has 1 aromatic carbocycles. The minimum Gasteiger partial charge on any atom is -0.493 e. The molecule has 1 rings (SSSR count). The van der Waals surface area contributed by atoms with Crippen LogP contribution >= 0.6 is 15.9 Å². The number of carbonyl (C=O) groups is 1. The molecule has 6 heteroatoms. The Morgan fingerprint density at radius 2 is 1.88 bits per heavy atom. The highest BCUT2D eigenvalue weighted by Crippen LogP contribution is 2.36. The van der Waals surface area contributed by atoms with Gasteiger partial charge in [-0.2, -0.15) is 0 Å². The fraction of sp³-hybridized carbons (Fsp3) is 0.364. The summed E-state index contributed by atoms with van der Waals surface area (Å²) < 4.78 is 11.1. The Morgan fingerprint density at radius 3 is 2.35 bits per heavy atom. The second-order valence-electron chi connectivity index (χ2n) is 3.51. The fourth-order valence-electron chi connectivity index (χ4n) is 1.48. The van der Waals surface area contributed by atoms with Crippen LogP contribution in [0.3, 0.4) is 0 Å². The van der Waals surface area contributed by atoms with E-state index in [1.165, 1.54) is 7.11 Å². The Morgan fingerprint density at radius 1 is 1.35 bits per heavy atom. The standard InChI is InChI=1S/C11H15BrN2O3/c1-16-9-3-6(8(13)5-11(14)15)7(12)4-10(9)17-2/h3-4,8H,5,13H2,1-2H3,(H2,14,15)/t8-/m0/s1. The van der Waals surface area contributed by atoms with E-state index in [0.29, 0.717) is 11.5 Å². The molecule has 0 heterocycles. The van der Waals surface area contributed by atoms with E-state index in [0.717, 1.165) is 10.0 Å². The van der Waals surface area contributed by atoms with Crippen molar-refractivity contribution in [1.82, 2.24) is 0 Å². The van der Waals surface area contributed by atoms with Gasteiger partial charge in [0.2, 0.25) is 5.91 Å². The zero-order valence-electron chi connectivity index (χ0n) is 9.70. The molecule has 0 bridgehead atoms. The van der Waals surface area contributed by atoms with E-state index in [1.54, 1.807) is 19.2 Å². The molecule has 0 unspecified atom stereocenters. The molecular weight excluding hydrogens is 288 g/mol. The van der Waals surface area contributed by atoms with Crippen LogP contribution < -0.4 is 20.9 Å². The van der Waals surface area contributed by atoms with Gasteiger partial charge in [-0.1, -0.05) is 15.9 Å². The van der Waals surface area contributed by atoms with Crippen molar-refractivity contribution in [3.8, 4) is 11.5 Å². The molecule has 0 fully saturated rings. The lowest BCUT2D eigenvalue weighted by molar-refractivity contribution is -0.118. The quantitative estimate of drug-likeness (QED) is 0.859. The van der Waals surface area contributed by atoms with E-state index in [1.807, 2.05) is 0 Å². The number of ether oxygens (including phenoxy) is 2. The Kier molecular flexibility index (Phi) is 4.77. The average molecular weight is 303 g/mol. The van der Waals surface area contributed by atoms with Crippen molar-refractivity contribution >= 4 is 21.8 Å². The average Bonchev–Trinajstić information content (AvgIpc) is 2.27. The largest absolute Gasteiger partial charge is 0.493 e. The molecule has 1 aromatic rings. The maximum Gasteiger partial charge on any atom is 0.219 e. The summed E-state index contributed by atoms with van der Waals surface area (Å²) in [5.41, 5.74) is 11.8. The van der Waals surface area contributed by atoms with Gasteiger partial charge in [0.1, 0.15) is 0 Å². The van der Waals surface area contributed by atoms with Crippen LogP contribution in [0.15, 0.2) is 16.6 Å². The first-order valence-electron chi connectivity index (χ1n) is 4.95. The number of hydrogen-bond donors (Lipinski definition) is 2. The monoisotopic (exact) mass is 302 g/mol. The van der Waals surface area contributed by atoms with E-state index in [9.17, 15) is 4.79 Å². The van der Waals surface area contributed by atoms with E-state index >= 15 is 0 Å². The zero-order valence-corrected chi connectivity index (χ0v) is 11.3. The summed E-state index contributed by atoms with van der Waals surface area (Å²) in [4.78, 5) is 10.8. The Bertz CT molecular complexity index is 423. The summed E-state index contributed by atoms with van der Waals surface area (Å²) in [7, 11) is 3.09. The smallest absolute Gasteiger partial charge is 0.219 e. The number of halogens is 1. The van der Waals surface area contributed by atoms with Crippen LogP contribution in [0.5, 0.6) is 11.5 Å². The molecule has 0 saturated heterocycles. The number of hydrogen-bond acceptors (Lipinski definition) is 4. The second-order valence-corrected chi connectivity index (χ2v) is 4.36. The lowest BCUT2D eigenvalue weighted by Crippen LogP contribution is -2.21. The van der Waals surface area contributed by atoms with Crippen molar-refractivity contribution in [2.24, 2.45) is 11.5 Å². The Hall–Kier alpha value is -1.27. The van der Waals surface area contributed by atoms with Gasteiger partial charge in [0, 0.05) is 16.9 Å². The summed E-state index contributed by atoms with van der Waals surface area (Å²) in [6.45, 7) is 0. The van der Waals surface area contributed by atoms with E-state index in [4.69, 9.17) is 20.9 Å². The van der Waals surface area contributed by atoms with Crippen molar-refractivity contribution in [1.29, 1.82) is 0 Å². The van der Waals surface area contributed by atoms with Crippen LogP contribution in [0, 0.1) is 0 Å². The van der Waals surface area contributed by atoms with Crippen LogP contribution in [-0.4, -0.2) is 20.1 Å². The number of primary amides is 1. The predicted octanol–water partition coefficient (Wildman–Crippen LogP) is 1.34. The van der Waals surface area contributed by atoms with Crippen LogP contribution in [0.1, 0.15) is 18.0 Å². The summed E-state index contributed by atoms with van der Waals surface area (Å²) in [5, 5.41) is 0. The van der Waals surface area contributed by atoms with E-state index in [-0.39, 0.29) is 6.42 Å². The molecule has 94 valence electrons. The summed E-state index contributed by atoms with van der Waals surface area (Å²) in [6.07, 6.45) is 0.0775. The van der Waals surface area contributed by atoms with Crippen molar-refractivity contribution in [3.05, 3.63) is 22.2 Å². The number of rotatable bonds is 5. The van der Waals surface area contributed by atoms with Crippen LogP contribution in [-0.2, 0) is 4.79 Å². The zero-order chi connectivity index (χ0) is 13.0. The maximum absolute atomic E-state index is 10.8. The minimum atomic E-state index is -0.471. The van der Waals surface area contributed by atoms with E-state index in [2.05, 4.69) is 15.9 Å². The van der Waals surface area contributed by atoms with Gasteiger partial charge < -0.3 is 20.9 Å². The molecule has 0 aliphatic carbocycles. The molecule has 0 spiro atoms. The van der Waals surface area contributed by atoms with Crippen molar-refractivity contribution in [3.63, 3.8) is 0 Å². The highest BCUT2D eigenvalue weighted by Gasteiger charge is 2.16. The van der Waals surface area contributed by atoms with Gasteiger partial charge in [0.15, 0.2) is 11.5 Å². The van der Waals surface area contributed by atoms with Crippen LogP contribution in [0.2, 0.25) is 0 Å². The third-order valence-corrected chi connectivity index (χ3v) is 3.01. The Labute approximate surface area is 108 Å². The number of methoxy groups -OCH3 is 2. The topological polar surface area (TPSA) is 87.6 Å². The number of nitrogens with two attached hydrogens (primary N) is 2. The molecule has 4 N–H and O–H groups in total. The van der Waals surface area contributed by atoms with Gasteiger partial charge >= 0.3 is 0 Å². The molecule has 0 radical (unpaired) electrons. The number of amides is 1. The summed E-state index contributed by atoms with van der Waals surface area (Å²) in [6, 6.07) is 3.01. The lowest BCUT2D eigenvalue weighted by atomic mass is 10.0. The highest BCUT2D eigenvalue weighted by atomic mass is 79.9. The summed E-state index contributed by atoms with van der Waals surface area (Å²) in [5.74, 6) is 0.708. The van der Waals surface area contributed by atoms with Gasteiger partial charge in [-0.15, -0.1) is 0 Å². The summed E-state index contributed by atoms with van der Waals surface area (Å²) >= 11 is 3.37. The first kappa shape index (κ1) is 13.8. The maximum atomic E-state index is 10.8. The molecule has 0 saturated carbocycles. The highest BCUT2D eigenvalue weighted by molar-refractivity contribution is 9.10. The van der Waals surface area contributed by atoms with E-state index < -0.39 is 11.9 Å². The van der Waals surface area contributed by atoms with Crippen molar-refractivity contribution in [2.75, 3.05) is 14.2 Å². The third kappa shape index (κ3) is 3.34. The molecule has 17 heavy (non-hydrogen) atoms. The molecule has 5 nitrogen and oxygen atoms in total. The van der Waals surface area contributed by atoms with Gasteiger partial charge in [0.05, 0.1) is 14.2 Å². The SMILES string of the molecule is COc1cc(Br)c([C@@H](N)CC(N)=O)cc1OC. The van der Waals surface area contributed by atoms with Crippen molar-refractivity contribution < 1.29 is 14.3 Å². The van der Waals surface area contributed by atoms with Crippen molar-refractivity contribution in [2.45, 2.75) is 12.5 Å². The van der Waals surface area contributed by atoms with Gasteiger partial charge in [-0.05, 0) is 17.7 Å². The Balaban J connectivity index is 3.11. The molecule has 0 aliphatic heterocycles. The molecule has 0 aliphatic rings. The normalized spacial score (nSPS) is 12.0. The molecule has 1 amide bonds. The third-order valence-electron chi connectivity index (χ3n) is 2.32. The van der Waals surface area contributed by atoms with Gasteiger partial charge in [-0.3, -0.25) is 4.79 Å². The first-order valence-corrected chi connectivity index (χ1v) is 5.74. The minimum absolute atomic E-state index is 0.0775. The van der Waals surface area contributed by atoms with Crippen LogP contribution in [0.4, 0.5) is 0 Å². The molecule has 0 aromatic heterocycles. The molecular formula is C11H15BrN2O3. The first-order chi connectivity index (χ1) is 7.99. The van der Waals surface area contributed by atoms with Crippen LogP contribution in [0.25, 0.3) is 0 Å². The van der Waals surface area contributed by atoms with Gasteiger partial charge in [0.25, 0.3) is 0 Å². The predicted molar refractivity (Wildman–Crippen MR) is 68.0 cm³/mol.